The summed E-state index contributed by atoms with van der Waals surface area (Å²) in [5, 5.41) is 7.81. The van der Waals surface area contributed by atoms with E-state index in [1.54, 1.807) is 35.2 Å². The second-order valence-corrected chi connectivity index (χ2v) is 7.44. The lowest BCUT2D eigenvalue weighted by Gasteiger charge is -2.18. The van der Waals surface area contributed by atoms with Crippen LogP contribution >= 0.6 is 34.7 Å². The van der Waals surface area contributed by atoms with Gasteiger partial charge in [0.1, 0.15) is 0 Å². The van der Waals surface area contributed by atoms with Crippen molar-refractivity contribution in [2.75, 3.05) is 0 Å². The summed E-state index contributed by atoms with van der Waals surface area (Å²) in [7, 11) is 0. The maximum atomic E-state index is 12.3. The fourth-order valence-electron chi connectivity index (χ4n) is 2.30. The first kappa shape index (κ1) is 14.0. The van der Waals surface area contributed by atoms with Crippen molar-refractivity contribution >= 4 is 40.6 Å². The van der Waals surface area contributed by atoms with E-state index in [4.69, 9.17) is 11.6 Å². The molecule has 1 atom stereocenters. The number of aromatic nitrogens is 3. The number of benzene rings is 1. The number of hydrogen-bond acceptors (Lipinski definition) is 5. The molecule has 4 rings (SSSR count). The van der Waals surface area contributed by atoms with Gasteiger partial charge in [-0.05, 0) is 35.7 Å². The zero-order chi connectivity index (χ0) is 15.1. The highest BCUT2D eigenvalue weighted by atomic mass is 35.5. The van der Waals surface area contributed by atoms with Crippen molar-refractivity contribution in [3.63, 3.8) is 0 Å². The number of carbonyl (C=O) groups excluding carboxylic acids is 1. The summed E-state index contributed by atoms with van der Waals surface area (Å²) in [5.74, 6) is 0.541. The van der Waals surface area contributed by atoms with E-state index in [0.717, 1.165) is 5.56 Å². The molecule has 0 spiro atoms. The van der Waals surface area contributed by atoms with E-state index < -0.39 is 0 Å². The van der Waals surface area contributed by atoms with E-state index in [-0.39, 0.29) is 11.2 Å². The first-order valence-electron chi connectivity index (χ1n) is 6.67. The van der Waals surface area contributed by atoms with Crippen molar-refractivity contribution in [2.45, 2.75) is 16.8 Å². The Morgan fingerprint density at radius 3 is 2.77 bits per heavy atom. The van der Waals surface area contributed by atoms with E-state index in [0.29, 0.717) is 22.4 Å². The fraction of sp³-hybridized carbons (Fsp3) is 0.133. The lowest BCUT2D eigenvalue weighted by atomic mass is 10.2. The summed E-state index contributed by atoms with van der Waals surface area (Å²) in [6, 6.07) is 11.4. The van der Waals surface area contributed by atoms with Gasteiger partial charge in [0.25, 0.3) is 5.91 Å². The molecule has 4 nitrogen and oxygen atoms in total. The highest BCUT2D eigenvalue weighted by Gasteiger charge is 2.30. The smallest absolute Gasteiger partial charge is 0.250 e. The Labute approximate surface area is 140 Å². The summed E-state index contributed by atoms with van der Waals surface area (Å²) in [6.07, 6.45) is 0.446. The van der Waals surface area contributed by atoms with Crippen LogP contribution in [-0.4, -0.2) is 20.7 Å². The molecule has 0 N–H and O–H groups in total. The van der Waals surface area contributed by atoms with E-state index in [2.05, 4.69) is 16.1 Å². The van der Waals surface area contributed by atoms with Gasteiger partial charge in [-0.1, -0.05) is 29.4 Å². The SMILES string of the molecule is O=C1C[C@@H](c2cccs2)Sc2nc(-c3ccc(Cl)cc3)nn21. The van der Waals surface area contributed by atoms with E-state index in [1.807, 2.05) is 23.6 Å². The average Bonchev–Trinajstić information content (AvgIpc) is 3.17. The number of hydrogen-bond donors (Lipinski definition) is 0. The van der Waals surface area contributed by atoms with Crippen molar-refractivity contribution < 1.29 is 4.79 Å². The molecule has 1 aromatic carbocycles. The monoisotopic (exact) mass is 347 g/mol. The number of rotatable bonds is 2. The molecule has 110 valence electrons. The zero-order valence-corrected chi connectivity index (χ0v) is 13.7. The van der Waals surface area contributed by atoms with Crippen LogP contribution in [0.4, 0.5) is 0 Å². The number of thioether (sulfide) groups is 1. The van der Waals surface area contributed by atoms with Gasteiger partial charge in [-0.15, -0.1) is 16.4 Å². The van der Waals surface area contributed by atoms with Gasteiger partial charge in [0, 0.05) is 21.9 Å². The quantitative estimate of drug-likeness (QED) is 0.683. The third kappa shape index (κ3) is 2.47. The maximum absolute atomic E-state index is 12.3. The Morgan fingerprint density at radius 2 is 2.05 bits per heavy atom. The molecular weight excluding hydrogens is 338 g/mol. The Hall–Kier alpha value is -1.63. The Balaban J connectivity index is 1.69. The second kappa shape index (κ2) is 5.53. The minimum Gasteiger partial charge on any atom is -0.272 e. The molecule has 0 radical (unpaired) electrons. The number of fused-ring (bicyclic) bond motifs is 1. The molecule has 2 aromatic heterocycles. The van der Waals surface area contributed by atoms with Gasteiger partial charge in [-0.3, -0.25) is 4.79 Å². The van der Waals surface area contributed by atoms with Gasteiger partial charge in [-0.2, -0.15) is 4.68 Å². The summed E-state index contributed by atoms with van der Waals surface area (Å²) in [4.78, 5) is 18.0. The van der Waals surface area contributed by atoms with Crippen LogP contribution in [0.2, 0.25) is 5.02 Å². The van der Waals surface area contributed by atoms with Gasteiger partial charge in [-0.25, -0.2) is 4.98 Å². The van der Waals surface area contributed by atoms with Gasteiger partial charge >= 0.3 is 0 Å². The average molecular weight is 348 g/mol. The van der Waals surface area contributed by atoms with Crippen molar-refractivity contribution in [2.24, 2.45) is 0 Å². The molecule has 7 heteroatoms. The third-order valence-electron chi connectivity index (χ3n) is 3.38. The largest absolute Gasteiger partial charge is 0.272 e. The summed E-state index contributed by atoms with van der Waals surface area (Å²) < 4.78 is 1.42. The van der Waals surface area contributed by atoms with Crippen LogP contribution in [0.5, 0.6) is 0 Å². The molecule has 3 heterocycles. The topological polar surface area (TPSA) is 47.8 Å². The maximum Gasteiger partial charge on any atom is 0.250 e. The molecule has 0 saturated heterocycles. The first-order chi connectivity index (χ1) is 10.7. The highest BCUT2D eigenvalue weighted by Crippen LogP contribution is 2.43. The molecular formula is C15H10ClN3OS2. The van der Waals surface area contributed by atoms with E-state index >= 15 is 0 Å². The summed E-state index contributed by atoms with van der Waals surface area (Å²) in [5.41, 5.74) is 0.854. The van der Waals surface area contributed by atoms with E-state index in [9.17, 15) is 4.79 Å². The lowest BCUT2D eigenvalue weighted by molar-refractivity contribution is 0.0868. The molecule has 0 fully saturated rings. The van der Waals surface area contributed by atoms with Crippen LogP contribution in [-0.2, 0) is 0 Å². The van der Waals surface area contributed by atoms with Crippen LogP contribution in [0.25, 0.3) is 11.4 Å². The van der Waals surface area contributed by atoms with Crippen molar-refractivity contribution in [3.05, 3.63) is 51.7 Å². The third-order valence-corrected chi connectivity index (χ3v) is 5.95. The number of carbonyl (C=O) groups is 1. The molecule has 22 heavy (non-hydrogen) atoms. The van der Waals surface area contributed by atoms with Crippen LogP contribution in [0, 0.1) is 0 Å². The van der Waals surface area contributed by atoms with Crippen molar-refractivity contribution in [1.29, 1.82) is 0 Å². The molecule has 0 aliphatic carbocycles. The highest BCUT2D eigenvalue weighted by molar-refractivity contribution is 7.99. The molecule has 1 aliphatic heterocycles. The van der Waals surface area contributed by atoms with Gasteiger partial charge in [0.05, 0.1) is 5.25 Å². The van der Waals surface area contributed by atoms with Crippen LogP contribution in [0.3, 0.4) is 0 Å². The first-order valence-corrected chi connectivity index (χ1v) is 8.81. The molecule has 0 amide bonds. The number of nitrogens with zero attached hydrogens (tertiary/aromatic N) is 3. The number of thiophene rings is 1. The molecule has 0 unspecified atom stereocenters. The fourth-order valence-corrected chi connectivity index (χ4v) is 4.51. The number of halogens is 1. The summed E-state index contributed by atoms with van der Waals surface area (Å²) >= 11 is 9.15. The second-order valence-electron chi connectivity index (χ2n) is 4.86. The predicted molar refractivity (Wildman–Crippen MR) is 88.6 cm³/mol. The molecule has 3 aromatic rings. The Morgan fingerprint density at radius 1 is 1.23 bits per heavy atom. The van der Waals surface area contributed by atoms with Gasteiger partial charge in [0.15, 0.2) is 11.0 Å². The lowest BCUT2D eigenvalue weighted by Crippen LogP contribution is -2.20. The normalized spacial score (nSPS) is 17.5. The molecule has 1 aliphatic rings. The standard InChI is InChI=1S/C15H10ClN3OS2/c16-10-5-3-9(4-6-10)14-17-15-19(18-14)13(20)8-12(22-15)11-2-1-7-21-11/h1-7,12H,8H2/t12-/m0/s1. The minimum absolute atomic E-state index is 0.0140. The van der Waals surface area contributed by atoms with Crippen LogP contribution < -0.4 is 0 Å². The Bertz CT molecular complexity index is 827. The van der Waals surface area contributed by atoms with E-state index in [1.165, 1.54) is 9.56 Å². The van der Waals surface area contributed by atoms with Crippen molar-refractivity contribution in [1.82, 2.24) is 14.8 Å². The Kier molecular flexibility index (Phi) is 3.52. The molecule has 0 bridgehead atoms. The van der Waals surface area contributed by atoms with Crippen LogP contribution in [0.15, 0.2) is 46.9 Å². The molecule has 0 saturated carbocycles. The zero-order valence-electron chi connectivity index (χ0n) is 11.3. The predicted octanol–water partition coefficient (Wildman–Crippen LogP) is 4.54. The van der Waals surface area contributed by atoms with Crippen molar-refractivity contribution in [3.8, 4) is 11.4 Å². The van der Waals surface area contributed by atoms with Crippen LogP contribution in [0.1, 0.15) is 21.3 Å². The summed E-state index contributed by atoms with van der Waals surface area (Å²) in [6.45, 7) is 0. The van der Waals surface area contributed by atoms with Gasteiger partial charge < -0.3 is 0 Å². The minimum atomic E-state index is -0.0140. The van der Waals surface area contributed by atoms with Gasteiger partial charge in [0.2, 0.25) is 0 Å².